The van der Waals surface area contributed by atoms with Crippen molar-refractivity contribution < 1.29 is 9.18 Å². The van der Waals surface area contributed by atoms with Crippen molar-refractivity contribution in [2.24, 2.45) is 0 Å². The normalized spacial score (nSPS) is 10.9. The molecule has 9 heteroatoms. The molecule has 2 aromatic carbocycles. The number of urea groups is 1. The van der Waals surface area contributed by atoms with Gasteiger partial charge in [-0.25, -0.2) is 13.7 Å². The Hall–Kier alpha value is -2.97. The Kier molecular flexibility index (Phi) is 5.23. The molecule has 0 fully saturated rings. The summed E-state index contributed by atoms with van der Waals surface area (Å²) in [5.74, 6) is 0.146. The topological polar surface area (TPSA) is 71.3 Å². The number of benzene rings is 2. The van der Waals surface area contributed by atoms with Gasteiger partial charge in [-0.15, -0.1) is 16.4 Å². The summed E-state index contributed by atoms with van der Waals surface area (Å²) in [6, 6.07) is 12.8. The number of fused-ring (bicyclic) bond motifs is 1. The average Bonchev–Trinajstić information content (AvgIpc) is 3.25. The third kappa shape index (κ3) is 4.13. The molecule has 0 saturated heterocycles. The highest BCUT2D eigenvalue weighted by Gasteiger charge is 2.12. The summed E-state index contributed by atoms with van der Waals surface area (Å²) in [5, 5.41) is 12.6. The van der Waals surface area contributed by atoms with E-state index in [0.29, 0.717) is 35.1 Å². The van der Waals surface area contributed by atoms with Crippen LogP contribution in [0.2, 0.25) is 5.02 Å². The van der Waals surface area contributed by atoms with Crippen LogP contribution in [0, 0.1) is 5.82 Å². The Balaban J connectivity index is 1.38. The summed E-state index contributed by atoms with van der Waals surface area (Å²) in [4.78, 5) is 17.2. The fourth-order valence-corrected chi connectivity index (χ4v) is 3.64. The second-order valence-electron chi connectivity index (χ2n) is 6.00. The highest BCUT2D eigenvalue weighted by molar-refractivity contribution is 7.15. The van der Waals surface area contributed by atoms with E-state index < -0.39 is 0 Å². The van der Waals surface area contributed by atoms with Crippen LogP contribution in [0.25, 0.3) is 16.3 Å². The number of hydrogen-bond acceptors (Lipinski definition) is 4. The summed E-state index contributed by atoms with van der Waals surface area (Å²) in [6.45, 7) is 0.431. The van der Waals surface area contributed by atoms with Crippen molar-refractivity contribution in [3.8, 4) is 11.4 Å². The number of amides is 2. The van der Waals surface area contributed by atoms with Gasteiger partial charge in [0.1, 0.15) is 5.82 Å². The number of carbonyl (C=O) groups is 1. The number of carbonyl (C=O) groups excluding carboxylic acids is 1. The smallest absolute Gasteiger partial charge is 0.319 e. The molecule has 0 aliphatic heterocycles. The molecule has 0 unspecified atom stereocenters. The largest absolute Gasteiger partial charge is 0.337 e. The number of hydrogen-bond donors (Lipinski definition) is 2. The molecule has 0 spiro atoms. The fourth-order valence-electron chi connectivity index (χ4n) is 2.66. The molecule has 0 bridgehead atoms. The molecule has 2 heterocycles. The van der Waals surface area contributed by atoms with Gasteiger partial charge >= 0.3 is 6.03 Å². The zero-order valence-electron chi connectivity index (χ0n) is 14.5. The first kappa shape index (κ1) is 18.4. The summed E-state index contributed by atoms with van der Waals surface area (Å²) in [7, 11) is 0. The van der Waals surface area contributed by atoms with Gasteiger partial charge in [0.25, 0.3) is 0 Å². The quantitative estimate of drug-likeness (QED) is 0.499. The van der Waals surface area contributed by atoms with Gasteiger partial charge in [0.15, 0.2) is 5.82 Å². The first-order chi connectivity index (χ1) is 13.6. The molecular formula is C19H15ClFN5OS. The van der Waals surface area contributed by atoms with Crippen molar-refractivity contribution in [1.29, 1.82) is 0 Å². The summed E-state index contributed by atoms with van der Waals surface area (Å²) in [6.07, 6.45) is 0.583. The second-order valence-corrected chi connectivity index (χ2v) is 7.28. The SMILES string of the molecule is O=C(NCCc1csc2nc(-c3cccc(F)c3)nn12)Nc1ccc(Cl)cc1. The molecular weight excluding hydrogens is 401 g/mol. The summed E-state index contributed by atoms with van der Waals surface area (Å²) < 4.78 is 15.1. The molecule has 2 N–H and O–H groups in total. The molecule has 2 amide bonds. The molecule has 0 aliphatic carbocycles. The maximum absolute atomic E-state index is 13.4. The first-order valence-electron chi connectivity index (χ1n) is 8.48. The fraction of sp³-hybridized carbons (Fsp3) is 0.105. The number of aromatic nitrogens is 3. The number of anilines is 1. The Morgan fingerprint density at radius 1 is 1.21 bits per heavy atom. The van der Waals surface area contributed by atoms with Gasteiger partial charge in [-0.2, -0.15) is 4.98 Å². The average molecular weight is 416 g/mol. The highest BCUT2D eigenvalue weighted by atomic mass is 35.5. The van der Waals surface area contributed by atoms with Gasteiger partial charge in [0, 0.05) is 34.6 Å². The monoisotopic (exact) mass is 415 g/mol. The van der Waals surface area contributed by atoms with Crippen LogP contribution in [0.5, 0.6) is 0 Å². The van der Waals surface area contributed by atoms with Crippen LogP contribution in [0.4, 0.5) is 14.9 Å². The van der Waals surface area contributed by atoms with E-state index in [1.807, 2.05) is 5.38 Å². The van der Waals surface area contributed by atoms with Gasteiger partial charge in [0.2, 0.25) is 4.96 Å². The minimum Gasteiger partial charge on any atom is -0.337 e. The number of nitrogens with zero attached hydrogens (tertiary/aromatic N) is 3. The van der Waals surface area contributed by atoms with Crippen LogP contribution in [-0.2, 0) is 6.42 Å². The zero-order chi connectivity index (χ0) is 19.5. The van der Waals surface area contributed by atoms with Crippen LogP contribution in [0.1, 0.15) is 5.69 Å². The van der Waals surface area contributed by atoms with Gasteiger partial charge in [-0.1, -0.05) is 23.7 Å². The number of thiazole rings is 1. The molecule has 4 rings (SSSR count). The predicted octanol–water partition coefficient (Wildman–Crippen LogP) is 4.61. The second kappa shape index (κ2) is 7.95. The Morgan fingerprint density at radius 2 is 2.04 bits per heavy atom. The van der Waals surface area contributed by atoms with E-state index in [1.165, 1.54) is 23.5 Å². The van der Waals surface area contributed by atoms with Crippen LogP contribution >= 0.6 is 22.9 Å². The van der Waals surface area contributed by atoms with Gasteiger partial charge < -0.3 is 10.6 Å². The first-order valence-corrected chi connectivity index (χ1v) is 9.74. The van der Waals surface area contributed by atoms with Gasteiger partial charge in [0.05, 0.1) is 5.69 Å². The van der Waals surface area contributed by atoms with E-state index in [-0.39, 0.29) is 11.8 Å². The summed E-state index contributed by atoms with van der Waals surface area (Å²) >= 11 is 7.28. The minimum absolute atomic E-state index is 0.298. The van der Waals surface area contributed by atoms with Crippen molar-refractivity contribution >= 4 is 39.6 Å². The highest BCUT2D eigenvalue weighted by Crippen LogP contribution is 2.21. The van der Waals surface area contributed by atoms with Crippen molar-refractivity contribution in [2.75, 3.05) is 11.9 Å². The third-order valence-electron chi connectivity index (χ3n) is 4.00. The molecule has 142 valence electrons. The molecule has 0 aliphatic rings. The maximum atomic E-state index is 13.4. The summed E-state index contributed by atoms with van der Waals surface area (Å²) in [5.41, 5.74) is 2.21. The molecule has 6 nitrogen and oxygen atoms in total. The lowest BCUT2D eigenvalue weighted by molar-refractivity contribution is 0.252. The van der Waals surface area contributed by atoms with Crippen molar-refractivity contribution in [1.82, 2.24) is 19.9 Å². The van der Waals surface area contributed by atoms with E-state index >= 15 is 0 Å². The molecule has 0 atom stereocenters. The van der Waals surface area contributed by atoms with E-state index in [9.17, 15) is 9.18 Å². The molecule has 2 aromatic heterocycles. The van der Waals surface area contributed by atoms with E-state index in [2.05, 4.69) is 20.7 Å². The Labute approximate surface area is 169 Å². The standard InChI is InChI=1S/C19H15ClFN5OS/c20-13-4-6-15(7-5-13)23-18(27)22-9-8-16-11-28-19-24-17(25-26(16)19)12-2-1-3-14(21)10-12/h1-7,10-11H,8-9H2,(H2,22,23,27). The number of nitrogens with one attached hydrogen (secondary N) is 2. The lowest BCUT2D eigenvalue weighted by Gasteiger charge is -2.07. The minimum atomic E-state index is -0.327. The van der Waals surface area contributed by atoms with Crippen molar-refractivity contribution in [3.63, 3.8) is 0 Å². The van der Waals surface area contributed by atoms with Crippen LogP contribution in [0.3, 0.4) is 0 Å². The molecule has 0 radical (unpaired) electrons. The van der Waals surface area contributed by atoms with Gasteiger partial charge in [-0.3, -0.25) is 0 Å². The molecule has 4 aromatic rings. The van der Waals surface area contributed by atoms with E-state index in [1.54, 1.807) is 40.9 Å². The zero-order valence-corrected chi connectivity index (χ0v) is 16.1. The lowest BCUT2D eigenvalue weighted by Crippen LogP contribution is -2.30. The third-order valence-corrected chi connectivity index (χ3v) is 5.12. The lowest BCUT2D eigenvalue weighted by atomic mass is 10.2. The van der Waals surface area contributed by atoms with Gasteiger partial charge in [-0.05, 0) is 36.4 Å². The van der Waals surface area contributed by atoms with E-state index in [4.69, 9.17) is 11.6 Å². The van der Waals surface area contributed by atoms with Crippen molar-refractivity contribution in [2.45, 2.75) is 6.42 Å². The van der Waals surface area contributed by atoms with Crippen molar-refractivity contribution in [3.05, 3.63) is 70.4 Å². The number of rotatable bonds is 5. The van der Waals surface area contributed by atoms with E-state index in [0.717, 1.165) is 10.7 Å². The molecule has 0 saturated carbocycles. The maximum Gasteiger partial charge on any atom is 0.319 e. The van der Waals surface area contributed by atoms with Crippen LogP contribution in [-0.4, -0.2) is 27.2 Å². The van der Waals surface area contributed by atoms with Crippen LogP contribution in [0.15, 0.2) is 53.9 Å². The Bertz CT molecular complexity index is 1130. The predicted molar refractivity (Wildman–Crippen MR) is 108 cm³/mol. The van der Waals surface area contributed by atoms with Crippen LogP contribution < -0.4 is 10.6 Å². The molecule has 28 heavy (non-hydrogen) atoms. The Morgan fingerprint density at radius 3 is 2.82 bits per heavy atom. The number of halogens is 2.